The Labute approximate surface area is 127 Å². The second-order valence-corrected chi connectivity index (χ2v) is 4.81. The number of carbonyl (C=O) groups excluding carboxylic acids is 1. The molecule has 3 rings (SSSR count). The van der Waals surface area contributed by atoms with Gasteiger partial charge in [0.15, 0.2) is 11.5 Å². The fourth-order valence-corrected chi connectivity index (χ4v) is 2.26. The Morgan fingerprint density at radius 3 is 2.64 bits per heavy atom. The lowest BCUT2D eigenvalue weighted by atomic mass is 10.1. The molecule has 2 amide bonds. The highest BCUT2D eigenvalue weighted by Crippen LogP contribution is 2.33. The van der Waals surface area contributed by atoms with E-state index < -0.39 is 0 Å². The van der Waals surface area contributed by atoms with Crippen molar-refractivity contribution in [1.82, 2.24) is 5.32 Å². The van der Waals surface area contributed by atoms with Gasteiger partial charge in [-0.3, -0.25) is 4.90 Å². The van der Waals surface area contributed by atoms with E-state index in [4.69, 9.17) is 9.47 Å². The monoisotopic (exact) mass is 302 g/mol. The highest BCUT2D eigenvalue weighted by molar-refractivity contribution is 5.91. The van der Waals surface area contributed by atoms with Gasteiger partial charge in [0, 0.05) is 12.7 Å². The van der Waals surface area contributed by atoms with E-state index in [-0.39, 0.29) is 18.6 Å². The van der Waals surface area contributed by atoms with Crippen LogP contribution in [0.3, 0.4) is 0 Å². The molecule has 22 heavy (non-hydrogen) atoms. The van der Waals surface area contributed by atoms with Gasteiger partial charge in [-0.05, 0) is 42.0 Å². The number of nitrogens with zero attached hydrogens (tertiary/aromatic N) is 1. The van der Waals surface area contributed by atoms with Crippen LogP contribution in [0.5, 0.6) is 11.5 Å². The molecule has 2 aromatic rings. The predicted molar refractivity (Wildman–Crippen MR) is 79.6 cm³/mol. The van der Waals surface area contributed by atoms with Crippen LogP contribution in [0.25, 0.3) is 0 Å². The highest BCUT2D eigenvalue weighted by Gasteiger charge is 2.18. The van der Waals surface area contributed by atoms with Crippen molar-refractivity contribution >= 4 is 11.7 Å². The number of anilines is 1. The molecule has 0 spiro atoms. The quantitative estimate of drug-likeness (QED) is 0.948. The highest BCUT2D eigenvalue weighted by atomic mass is 19.1. The number of nitrogens with one attached hydrogen (secondary N) is 1. The molecule has 1 aliphatic rings. The second-order valence-electron chi connectivity index (χ2n) is 4.81. The van der Waals surface area contributed by atoms with Gasteiger partial charge in [-0.2, -0.15) is 0 Å². The summed E-state index contributed by atoms with van der Waals surface area (Å²) in [5, 5.41) is 2.59. The molecule has 1 heterocycles. The maximum Gasteiger partial charge on any atom is 0.321 e. The summed E-state index contributed by atoms with van der Waals surface area (Å²) in [4.78, 5) is 13.6. The third kappa shape index (κ3) is 2.81. The van der Waals surface area contributed by atoms with E-state index in [1.54, 1.807) is 19.2 Å². The molecule has 114 valence electrons. The number of halogens is 1. The number of benzene rings is 2. The van der Waals surface area contributed by atoms with E-state index in [9.17, 15) is 9.18 Å². The summed E-state index contributed by atoms with van der Waals surface area (Å²) < 4.78 is 23.7. The van der Waals surface area contributed by atoms with Crippen molar-refractivity contribution < 1.29 is 18.7 Å². The Hall–Kier alpha value is -2.76. The molecule has 0 atom stereocenters. The summed E-state index contributed by atoms with van der Waals surface area (Å²) in [6, 6.07) is 11.0. The van der Waals surface area contributed by atoms with E-state index in [0.29, 0.717) is 23.7 Å². The molecular formula is C16H15FN2O3. The van der Waals surface area contributed by atoms with E-state index in [2.05, 4.69) is 5.32 Å². The molecular weight excluding hydrogens is 287 g/mol. The average molecular weight is 302 g/mol. The summed E-state index contributed by atoms with van der Waals surface area (Å²) in [6.45, 7) is 0.540. The van der Waals surface area contributed by atoms with Gasteiger partial charge in [-0.1, -0.05) is 6.07 Å². The number of hydrogen-bond acceptors (Lipinski definition) is 3. The molecule has 0 aliphatic carbocycles. The number of hydrogen-bond donors (Lipinski definition) is 1. The minimum Gasteiger partial charge on any atom is -0.454 e. The standard InChI is InChI=1S/C16H15FN2O3/c1-18-16(20)19(13-5-3-12(17)4-6-13)9-11-2-7-14-15(8-11)22-10-21-14/h2-8H,9-10H2,1H3,(H,18,20). The molecule has 0 saturated heterocycles. The van der Waals surface area contributed by atoms with Gasteiger partial charge in [-0.25, -0.2) is 9.18 Å². The summed E-state index contributed by atoms with van der Waals surface area (Å²) in [5.74, 6) is 1.01. The summed E-state index contributed by atoms with van der Waals surface area (Å²) >= 11 is 0. The molecule has 0 unspecified atom stereocenters. The van der Waals surface area contributed by atoms with Gasteiger partial charge in [0.2, 0.25) is 6.79 Å². The van der Waals surface area contributed by atoms with Crippen LogP contribution in [0, 0.1) is 5.82 Å². The number of rotatable bonds is 3. The van der Waals surface area contributed by atoms with Crippen molar-refractivity contribution in [3.8, 4) is 11.5 Å². The van der Waals surface area contributed by atoms with Crippen LogP contribution in [-0.2, 0) is 6.54 Å². The lowest BCUT2D eigenvalue weighted by Crippen LogP contribution is -2.37. The van der Waals surface area contributed by atoms with Gasteiger partial charge < -0.3 is 14.8 Å². The Balaban J connectivity index is 1.87. The number of fused-ring (bicyclic) bond motifs is 1. The molecule has 1 aliphatic heterocycles. The Morgan fingerprint density at radius 1 is 1.18 bits per heavy atom. The largest absolute Gasteiger partial charge is 0.454 e. The fourth-order valence-electron chi connectivity index (χ4n) is 2.26. The van der Waals surface area contributed by atoms with Crippen molar-refractivity contribution in [2.45, 2.75) is 6.54 Å². The molecule has 0 saturated carbocycles. The van der Waals surface area contributed by atoms with Gasteiger partial charge in [0.1, 0.15) is 5.82 Å². The van der Waals surface area contributed by atoms with Crippen LogP contribution < -0.4 is 19.7 Å². The van der Waals surface area contributed by atoms with Crippen LogP contribution in [0.15, 0.2) is 42.5 Å². The SMILES string of the molecule is CNC(=O)N(Cc1ccc2c(c1)OCO2)c1ccc(F)cc1. The van der Waals surface area contributed by atoms with Crippen molar-refractivity contribution in [3.05, 3.63) is 53.8 Å². The molecule has 5 nitrogen and oxygen atoms in total. The van der Waals surface area contributed by atoms with E-state index in [1.807, 2.05) is 18.2 Å². The molecule has 0 fully saturated rings. The van der Waals surface area contributed by atoms with Crippen molar-refractivity contribution in [2.24, 2.45) is 0 Å². The number of carbonyl (C=O) groups is 1. The number of ether oxygens (including phenoxy) is 2. The first-order valence-electron chi connectivity index (χ1n) is 6.81. The molecule has 0 aromatic heterocycles. The smallest absolute Gasteiger partial charge is 0.321 e. The van der Waals surface area contributed by atoms with E-state index >= 15 is 0 Å². The first-order valence-corrected chi connectivity index (χ1v) is 6.81. The molecule has 0 radical (unpaired) electrons. The summed E-state index contributed by atoms with van der Waals surface area (Å²) in [5.41, 5.74) is 1.50. The minimum atomic E-state index is -0.344. The van der Waals surface area contributed by atoms with Crippen LogP contribution >= 0.6 is 0 Å². The van der Waals surface area contributed by atoms with Crippen molar-refractivity contribution in [1.29, 1.82) is 0 Å². The lowest BCUT2D eigenvalue weighted by molar-refractivity contribution is 0.174. The van der Waals surface area contributed by atoms with Gasteiger partial charge in [-0.15, -0.1) is 0 Å². The van der Waals surface area contributed by atoms with E-state index in [0.717, 1.165) is 5.56 Å². The average Bonchev–Trinajstić information content (AvgIpc) is 3.00. The van der Waals surface area contributed by atoms with Crippen LogP contribution in [0.2, 0.25) is 0 Å². The molecule has 2 aromatic carbocycles. The Bertz CT molecular complexity index is 688. The Morgan fingerprint density at radius 2 is 1.91 bits per heavy atom. The van der Waals surface area contributed by atoms with Crippen molar-refractivity contribution in [3.63, 3.8) is 0 Å². The fraction of sp³-hybridized carbons (Fsp3) is 0.188. The van der Waals surface area contributed by atoms with Gasteiger partial charge >= 0.3 is 6.03 Å². The zero-order valence-electron chi connectivity index (χ0n) is 12.0. The third-order valence-electron chi connectivity index (χ3n) is 3.37. The molecule has 0 bridgehead atoms. The second kappa shape index (κ2) is 5.93. The first kappa shape index (κ1) is 14.2. The zero-order valence-corrected chi connectivity index (χ0v) is 12.0. The third-order valence-corrected chi connectivity index (χ3v) is 3.37. The van der Waals surface area contributed by atoms with E-state index in [1.165, 1.54) is 17.0 Å². The van der Waals surface area contributed by atoms with Gasteiger partial charge in [0.05, 0.1) is 6.54 Å². The number of amides is 2. The normalized spacial score (nSPS) is 12.1. The maximum absolute atomic E-state index is 13.1. The maximum atomic E-state index is 13.1. The topological polar surface area (TPSA) is 50.8 Å². The molecule has 6 heteroatoms. The van der Waals surface area contributed by atoms with Crippen LogP contribution in [0.1, 0.15) is 5.56 Å². The predicted octanol–water partition coefficient (Wildman–Crippen LogP) is 2.90. The summed E-state index contributed by atoms with van der Waals surface area (Å²) in [7, 11) is 1.55. The number of urea groups is 1. The summed E-state index contributed by atoms with van der Waals surface area (Å²) in [6.07, 6.45) is 0. The molecule has 1 N–H and O–H groups in total. The van der Waals surface area contributed by atoms with Crippen LogP contribution in [-0.4, -0.2) is 19.9 Å². The van der Waals surface area contributed by atoms with Crippen molar-refractivity contribution in [2.75, 3.05) is 18.7 Å². The first-order chi connectivity index (χ1) is 10.7. The zero-order chi connectivity index (χ0) is 15.5. The van der Waals surface area contributed by atoms with Crippen LogP contribution in [0.4, 0.5) is 14.9 Å². The minimum absolute atomic E-state index is 0.204. The lowest BCUT2D eigenvalue weighted by Gasteiger charge is -2.22. The van der Waals surface area contributed by atoms with Gasteiger partial charge in [0.25, 0.3) is 0 Å². The Kier molecular flexibility index (Phi) is 3.82.